The van der Waals surface area contributed by atoms with Crippen molar-refractivity contribution in [2.45, 2.75) is 110 Å². The number of carbonyl (C=O) groups is 1. The summed E-state index contributed by atoms with van der Waals surface area (Å²) in [5.74, 6) is -0.164. The molecule has 0 atom stereocenters. The summed E-state index contributed by atoms with van der Waals surface area (Å²) in [6, 6.07) is 0. The molecular weight excluding hydrogens is 320 g/mol. The second-order valence-electron chi connectivity index (χ2n) is 7.60. The van der Waals surface area contributed by atoms with Gasteiger partial charge in [-0.15, -0.1) is 0 Å². The number of hydrogen-bond donors (Lipinski definition) is 1. The fourth-order valence-electron chi connectivity index (χ4n) is 2.82. The van der Waals surface area contributed by atoms with Crippen molar-refractivity contribution in [3.63, 3.8) is 0 Å². The van der Waals surface area contributed by atoms with Gasteiger partial charge in [-0.2, -0.15) is 0 Å². The Bertz CT molecular complexity index is 301. The SMILES string of the molecule is CCCCCCCC/C=C\CCCCCCCC(N)=O.CCCN(C)C. The van der Waals surface area contributed by atoms with E-state index in [-0.39, 0.29) is 5.91 Å². The van der Waals surface area contributed by atoms with Gasteiger partial charge in [0.2, 0.25) is 5.91 Å². The smallest absolute Gasteiger partial charge is 0.217 e. The van der Waals surface area contributed by atoms with E-state index in [1.54, 1.807) is 0 Å². The van der Waals surface area contributed by atoms with Crippen LogP contribution in [0.2, 0.25) is 0 Å². The molecule has 0 aliphatic carbocycles. The van der Waals surface area contributed by atoms with Crippen molar-refractivity contribution in [3.8, 4) is 0 Å². The molecule has 1 amide bonds. The molecule has 0 bridgehead atoms. The van der Waals surface area contributed by atoms with Crippen LogP contribution in [-0.2, 0) is 4.79 Å². The van der Waals surface area contributed by atoms with Gasteiger partial charge in [-0.3, -0.25) is 4.79 Å². The van der Waals surface area contributed by atoms with Gasteiger partial charge in [0.05, 0.1) is 0 Å². The summed E-state index contributed by atoms with van der Waals surface area (Å²) in [5.41, 5.74) is 5.10. The van der Waals surface area contributed by atoms with Crippen LogP contribution in [0.25, 0.3) is 0 Å². The highest BCUT2D eigenvalue weighted by Gasteiger charge is 1.94. The highest BCUT2D eigenvalue weighted by molar-refractivity contribution is 5.73. The van der Waals surface area contributed by atoms with E-state index in [0.717, 1.165) is 12.8 Å². The van der Waals surface area contributed by atoms with Crippen LogP contribution < -0.4 is 5.73 Å². The molecular formula is C23H48N2O. The van der Waals surface area contributed by atoms with E-state index in [9.17, 15) is 4.79 Å². The molecule has 0 spiro atoms. The van der Waals surface area contributed by atoms with Crippen molar-refractivity contribution in [1.29, 1.82) is 0 Å². The largest absolute Gasteiger partial charge is 0.370 e. The van der Waals surface area contributed by atoms with Crippen molar-refractivity contribution in [3.05, 3.63) is 12.2 Å². The fraction of sp³-hybridized carbons (Fsp3) is 0.870. The average molecular weight is 369 g/mol. The van der Waals surface area contributed by atoms with Gasteiger partial charge < -0.3 is 10.6 Å². The molecule has 0 aromatic rings. The first-order chi connectivity index (χ1) is 12.5. The van der Waals surface area contributed by atoms with Gasteiger partial charge in [0.15, 0.2) is 0 Å². The first-order valence-electron chi connectivity index (χ1n) is 11.1. The summed E-state index contributed by atoms with van der Waals surface area (Å²) in [7, 11) is 4.17. The Balaban J connectivity index is 0. The first kappa shape index (κ1) is 27.4. The molecule has 0 aromatic heterocycles. The summed E-state index contributed by atoms with van der Waals surface area (Å²) in [6.07, 6.45) is 23.2. The molecule has 0 aliphatic heterocycles. The zero-order valence-electron chi connectivity index (χ0n) is 18.4. The van der Waals surface area contributed by atoms with E-state index >= 15 is 0 Å². The number of carbonyl (C=O) groups excluding carboxylic acids is 1. The van der Waals surface area contributed by atoms with Crippen molar-refractivity contribution in [2.75, 3.05) is 20.6 Å². The van der Waals surface area contributed by atoms with Crippen molar-refractivity contribution in [2.24, 2.45) is 5.73 Å². The fourth-order valence-corrected chi connectivity index (χ4v) is 2.82. The van der Waals surface area contributed by atoms with Crippen LogP contribution in [0.3, 0.4) is 0 Å². The van der Waals surface area contributed by atoms with Crippen LogP contribution in [0, 0.1) is 0 Å². The lowest BCUT2D eigenvalue weighted by Crippen LogP contribution is -2.11. The van der Waals surface area contributed by atoms with Crippen molar-refractivity contribution < 1.29 is 4.79 Å². The zero-order valence-corrected chi connectivity index (χ0v) is 18.4. The molecule has 0 fully saturated rings. The molecule has 0 heterocycles. The molecule has 0 radical (unpaired) electrons. The highest BCUT2D eigenvalue weighted by atomic mass is 16.1. The van der Waals surface area contributed by atoms with Crippen molar-refractivity contribution >= 4 is 5.91 Å². The molecule has 2 N–H and O–H groups in total. The third-order valence-electron chi connectivity index (χ3n) is 4.36. The predicted molar refractivity (Wildman–Crippen MR) is 117 cm³/mol. The third-order valence-corrected chi connectivity index (χ3v) is 4.36. The second kappa shape index (κ2) is 24.2. The number of amides is 1. The van der Waals surface area contributed by atoms with Crippen LogP contribution in [-0.4, -0.2) is 31.4 Å². The molecule has 0 aliphatic rings. The lowest BCUT2D eigenvalue weighted by Gasteiger charge is -2.03. The molecule has 0 rings (SSSR count). The van der Waals surface area contributed by atoms with E-state index in [0.29, 0.717) is 6.42 Å². The predicted octanol–water partition coefficient (Wildman–Crippen LogP) is 6.47. The molecule has 3 nitrogen and oxygen atoms in total. The Kier molecular flexibility index (Phi) is 25.5. The van der Waals surface area contributed by atoms with Crippen LogP contribution in [0.1, 0.15) is 110 Å². The lowest BCUT2D eigenvalue weighted by atomic mass is 10.1. The maximum atomic E-state index is 10.5. The minimum Gasteiger partial charge on any atom is -0.370 e. The first-order valence-corrected chi connectivity index (χ1v) is 11.1. The average Bonchev–Trinajstić information content (AvgIpc) is 2.58. The van der Waals surface area contributed by atoms with Gasteiger partial charge in [-0.05, 0) is 59.2 Å². The van der Waals surface area contributed by atoms with Gasteiger partial charge >= 0.3 is 0 Å². The van der Waals surface area contributed by atoms with Crippen LogP contribution in [0.4, 0.5) is 0 Å². The van der Waals surface area contributed by atoms with Gasteiger partial charge in [0.1, 0.15) is 0 Å². The van der Waals surface area contributed by atoms with Crippen LogP contribution >= 0.6 is 0 Å². The van der Waals surface area contributed by atoms with E-state index in [1.807, 2.05) is 0 Å². The highest BCUT2D eigenvalue weighted by Crippen LogP contribution is 2.09. The number of primary amides is 1. The zero-order chi connectivity index (χ0) is 19.9. The second-order valence-corrected chi connectivity index (χ2v) is 7.60. The van der Waals surface area contributed by atoms with E-state index < -0.39 is 0 Å². The molecule has 3 heteroatoms. The minimum atomic E-state index is -0.164. The standard InChI is InChI=1S/C18H35NO.C5H13N/c1-2-3-4-5-6-7-8-9-10-11-12-13-14-15-16-17-18(19)20;1-4-5-6(2)3/h9-10H,2-8,11-17H2,1H3,(H2,19,20);4-5H2,1-3H3/b10-9-;. The van der Waals surface area contributed by atoms with Crippen LogP contribution in [0.15, 0.2) is 12.2 Å². The number of unbranched alkanes of at least 4 members (excludes halogenated alkanes) is 11. The lowest BCUT2D eigenvalue weighted by molar-refractivity contribution is -0.118. The number of nitrogens with zero attached hydrogens (tertiary/aromatic N) is 1. The number of nitrogens with two attached hydrogens (primary N) is 1. The monoisotopic (exact) mass is 368 g/mol. The summed E-state index contributed by atoms with van der Waals surface area (Å²) in [6.45, 7) is 5.65. The molecule has 0 unspecified atom stereocenters. The topological polar surface area (TPSA) is 46.3 Å². The normalized spacial score (nSPS) is 11.0. The minimum absolute atomic E-state index is 0.164. The Morgan fingerprint density at radius 3 is 1.58 bits per heavy atom. The van der Waals surface area contributed by atoms with E-state index in [2.05, 4.69) is 45.0 Å². The third kappa shape index (κ3) is 31.0. The van der Waals surface area contributed by atoms with Gasteiger partial charge in [-0.25, -0.2) is 0 Å². The van der Waals surface area contributed by atoms with Crippen molar-refractivity contribution in [1.82, 2.24) is 4.90 Å². The molecule has 156 valence electrons. The Labute approximate surface area is 164 Å². The summed E-state index contributed by atoms with van der Waals surface area (Å²) < 4.78 is 0. The van der Waals surface area contributed by atoms with Gasteiger partial charge in [0, 0.05) is 6.42 Å². The van der Waals surface area contributed by atoms with Gasteiger partial charge in [-0.1, -0.05) is 77.4 Å². The number of allylic oxidation sites excluding steroid dienone is 2. The van der Waals surface area contributed by atoms with Crippen LogP contribution in [0.5, 0.6) is 0 Å². The summed E-state index contributed by atoms with van der Waals surface area (Å²) >= 11 is 0. The Hall–Kier alpha value is -0.830. The van der Waals surface area contributed by atoms with E-state index in [1.165, 1.54) is 83.6 Å². The van der Waals surface area contributed by atoms with E-state index in [4.69, 9.17) is 5.73 Å². The molecule has 0 aromatic carbocycles. The Morgan fingerprint density at radius 2 is 1.19 bits per heavy atom. The quantitative estimate of drug-likeness (QED) is 0.236. The maximum Gasteiger partial charge on any atom is 0.217 e. The Morgan fingerprint density at radius 1 is 0.731 bits per heavy atom. The molecule has 26 heavy (non-hydrogen) atoms. The maximum absolute atomic E-state index is 10.5. The van der Waals surface area contributed by atoms with Gasteiger partial charge in [0.25, 0.3) is 0 Å². The number of hydrogen-bond acceptors (Lipinski definition) is 2. The summed E-state index contributed by atoms with van der Waals surface area (Å²) in [4.78, 5) is 12.7. The molecule has 0 saturated carbocycles. The summed E-state index contributed by atoms with van der Waals surface area (Å²) in [5, 5.41) is 0. The molecule has 0 saturated heterocycles. The number of rotatable bonds is 17.